The van der Waals surface area contributed by atoms with Crippen LogP contribution in [0.1, 0.15) is 15.9 Å². The molecule has 1 amide bonds. The van der Waals surface area contributed by atoms with Gasteiger partial charge in [-0.2, -0.15) is 0 Å². The Kier molecular flexibility index (Phi) is 6.41. The van der Waals surface area contributed by atoms with E-state index in [2.05, 4.69) is 10.0 Å². The van der Waals surface area contributed by atoms with Crippen LogP contribution in [0.4, 0.5) is 5.69 Å². The number of carbonyl (C=O) groups excluding carboxylic acids is 2. The van der Waals surface area contributed by atoms with Gasteiger partial charge in [0, 0.05) is 11.3 Å². The van der Waals surface area contributed by atoms with Crippen LogP contribution in [0.5, 0.6) is 0 Å². The summed E-state index contributed by atoms with van der Waals surface area (Å²) < 4.78 is 27.4. The van der Waals surface area contributed by atoms with Crippen molar-refractivity contribution >= 4 is 27.9 Å². The van der Waals surface area contributed by atoms with Gasteiger partial charge in [0.1, 0.15) is 6.29 Å². The summed E-state index contributed by atoms with van der Waals surface area (Å²) in [6.07, 6.45) is 1.06. The Morgan fingerprint density at radius 3 is 2.21 bits per heavy atom. The highest BCUT2D eigenvalue weighted by atomic mass is 32.2. The van der Waals surface area contributed by atoms with Crippen LogP contribution in [0.2, 0.25) is 0 Å². The van der Waals surface area contributed by atoms with Crippen molar-refractivity contribution in [3.8, 4) is 0 Å². The highest BCUT2D eigenvalue weighted by Crippen LogP contribution is 2.17. The number of carbonyl (C=O) groups is 2. The zero-order valence-corrected chi connectivity index (χ0v) is 16.3. The molecule has 0 bridgehead atoms. The molecular formula is C22H20N2O4S. The van der Waals surface area contributed by atoms with Crippen molar-refractivity contribution in [1.29, 1.82) is 0 Å². The molecule has 0 radical (unpaired) electrons. The summed E-state index contributed by atoms with van der Waals surface area (Å²) in [5, 5.41) is 2.67. The number of sulfonamides is 1. The highest BCUT2D eigenvalue weighted by Gasteiger charge is 2.16. The van der Waals surface area contributed by atoms with Crippen LogP contribution in [0.25, 0.3) is 0 Å². The van der Waals surface area contributed by atoms with E-state index in [0.717, 1.165) is 5.56 Å². The third-order valence-electron chi connectivity index (χ3n) is 4.21. The molecule has 0 aromatic heterocycles. The standard InChI is InChI=1S/C22H20N2O4S/c25-16-20(14-17-8-3-1-4-9-17)23-22(26)18-10-7-11-19(15-18)24-29(27,28)21-12-5-2-6-13-21/h1-13,15-16,20,24H,14H2,(H,23,26). The Morgan fingerprint density at radius 2 is 1.55 bits per heavy atom. The number of aldehydes is 1. The van der Waals surface area contributed by atoms with E-state index >= 15 is 0 Å². The summed E-state index contributed by atoms with van der Waals surface area (Å²) in [7, 11) is -3.76. The number of rotatable bonds is 8. The van der Waals surface area contributed by atoms with Crippen LogP contribution in [0, 0.1) is 0 Å². The molecule has 0 aliphatic carbocycles. The van der Waals surface area contributed by atoms with Crippen LogP contribution in [0.3, 0.4) is 0 Å². The van der Waals surface area contributed by atoms with Crippen molar-refractivity contribution in [1.82, 2.24) is 5.32 Å². The third kappa shape index (κ3) is 5.52. The third-order valence-corrected chi connectivity index (χ3v) is 5.61. The molecule has 7 heteroatoms. The number of benzene rings is 3. The molecule has 0 spiro atoms. The van der Waals surface area contributed by atoms with Gasteiger partial charge < -0.3 is 10.1 Å². The molecule has 0 aliphatic heterocycles. The highest BCUT2D eigenvalue weighted by molar-refractivity contribution is 7.92. The molecule has 0 heterocycles. The Balaban J connectivity index is 1.71. The van der Waals surface area contributed by atoms with Crippen molar-refractivity contribution < 1.29 is 18.0 Å². The molecule has 3 aromatic rings. The van der Waals surface area contributed by atoms with Crippen molar-refractivity contribution in [3.63, 3.8) is 0 Å². The quantitative estimate of drug-likeness (QED) is 0.561. The lowest BCUT2D eigenvalue weighted by molar-refractivity contribution is -0.109. The molecule has 3 aromatic carbocycles. The van der Waals surface area contributed by atoms with Crippen LogP contribution in [-0.2, 0) is 21.2 Å². The van der Waals surface area contributed by atoms with Gasteiger partial charge in [-0.25, -0.2) is 8.42 Å². The van der Waals surface area contributed by atoms with Gasteiger partial charge in [0.05, 0.1) is 10.9 Å². The topological polar surface area (TPSA) is 92.3 Å². The maximum absolute atomic E-state index is 12.5. The maximum Gasteiger partial charge on any atom is 0.261 e. The Hall–Kier alpha value is -3.45. The van der Waals surface area contributed by atoms with E-state index in [4.69, 9.17) is 0 Å². The van der Waals surface area contributed by atoms with E-state index in [-0.39, 0.29) is 16.1 Å². The summed E-state index contributed by atoms with van der Waals surface area (Å²) in [5.41, 5.74) is 1.43. The first-order valence-electron chi connectivity index (χ1n) is 8.96. The maximum atomic E-state index is 12.5. The average molecular weight is 408 g/mol. The number of amides is 1. The van der Waals surface area contributed by atoms with E-state index in [9.17, 15) is 18.0 Å². The average Bonchev–Trinajstić information content (AvgIpc) is 2.74. The number of hydrogen-bond donors (Lipinski definition) is 2. The summed E-state index contributed by atoms with van der Waals surface area (Å²) in [5.74, 6) is -0.459. The molecule has 1 atom stereocenters. The van der Waals surface area contributed by atoms with Gasteiger partial charge in [-0.05, 0) is 42.3 Å². The molecule has 3 rings (SSSR count). The SMILES string of the molecule is O=CC(Cc1ccccc1)NC(=O)c1cccc(NS(=O)(=O)c2ccccc2)c1. The van der Waals surface area contributed by atoms with Gasteiger partial charge in [0.2, 0.25) is 0 Å². The van der Waals surface area contributed by atoms with Crippen LogP contribution in [0.15, 0.2) is 89.8 Å². The van der Waals surface area contributed by atoms with E-state index in [1.54, 1.807) is 36.4 Å². The molecular weight excluding hydrogens is 388 g/mol. The zero-order chi connectivity index (χ0) is 20.7. The van der Waals surface area contributed by atoms with Gasteiger partial charge in [-0.15, -0.1) is 0 Å². The summed E-state index contributed by atoms with van der Waals surface area (Å²) in [4.78, 5) is 24.0. The lowest BCUT2D eigenvalue weighted by Gasteiger charge is -2.14. The summed E-state index contributed by atoms with van der Waals surface area (Å²) >= 11 is 0. The van der Waals surface area contributed by atoms with E-state index in [0.29, 0.717) is 12.7 Å². The van der Waals surface area contributed by atoms with Crippen LogP contribution < -0.4 is 10.0 Å². The minimum atomic E-state index is -3.76. The Bertz CT molecular complexity index is 1080. The second-order valence-electron chi connectivity index (χ2n) is 6.41. The molecule has 148 valence electrons. The first kappa shape index (κ1) is 20.3. The Labute approximate surface area is 169 Å². The second kappa shape index (κ2) is 9.16. The lowest BCUT2D eigenvalue weighted by Crippen LogP contribution is -2.37. The van der Waals surface area contributed by atoms with Gasteiger partial charge >= 0.3 is 0 Å². The largest absolute Gasteiger partial charge is 0.342 e. The van der Waals surface area contributed by atoms with Gasteiger partial charge in [-0.1, -0.05) is 54.6 Å². The van der Waals surface area contributed by atoms with Gasteiger partial charge in [-0.3, -0.25) is 9.52 Å². The first-order valence-corrected chi connectivity index (χ1v) is 10.4. The summed E-state index contributed by atoms with van der Waals surface area (Å²) in [6, 6.07) is 22.7. The normalized spacial score (nSPS) is 12.0. The van der Waals surface area contributed by atoms with Crippen LogP contribution >= 0.6 is 0 Å². The fourth-order valence-electron chi connectivity index (χ4n) is 2.79. The summed E-state index contributed by atoms with van der Waals surface area (Å²) in [6.45, 7) is 0. The zero-order valence-electron chi connectivity index (χ0n) is 15.5. The molecule has 0 saturated carbocycles. The van der Waals surface area contributed by atoms with Crippen molar-refractivity contribution in [2.45, 2.75) is 17.4 Å². The lowest BCUT2D eigenvalue weighted by atomic mass is 10.1. The minimum Gasteiger partial charge on any atom is -0.342 e. The van der Waals surface area contributed by atoms with E-state index < -0.39 is 22.0 Å². The monoisotopic (exact) mass is 408 g/mol. The Morgan fingerprint density at radius 1 is 0.897 bits per heavy atom. The van der Waals surface area contributed by atoms with Crippen molar-refractivity contribution in [2.75, 3.05) is 4.72 Å². The number of hydrogen-bond acceptors (Lipinski definition) is 4. The molecule has 0 aliphatic rings. The molecule has 0 saturated heterocycles. The molecule has 1 unspecified atom stereocenters. The predicted octanol–water partition coefficient (Wildman–Crippen LogP) is 3.03. The van der Waals surface area contributed by atoms with E-state index in [1.807, 2.05) is 30.3 Å². The van der Waals surface area contributed by atoms with Crippen molar-refractivity contribution in [3.05, 3.63) is 96.1 Å². The molecule has 2 N–H and O–H groups in total. The van der Waals surface area contributed by atoms with Crippen molar-refractivity contribution in [2.24, 2.45) is 0 Å². The van der Waals surface area contributed by atoms with Gasteiger partial charge in [0.15, 0.2) is 0 Å². The fraction of sp³-hybridized carbons (Fsp3) is 0.0909. The number of nitrogens with one attached hydrogen (secondary N) is 2. The molecule has 29 heavy (non-hydrogen) atoms. The smallest absolute Gasteiger partial charge is 0.261 e. The first-order chi connectivity index (χ1) is 14.0. The minimum absolute atomic E-state index is 0.124. The molecule has 6 nitrogen and oxygen atoms in total. The number of anilines is 1. The van der Waals surface area contributed by atoms with Crippen LogP contribution in [-0.4, -0.2) is 26.7 Å². The second-order valence-corrected chi connectivity index (χ2v) is 8.09. The van der Waals surface area contributed by atoms with E-state index in [1.165, 1.54) is 18.2 Å². The fourth-order valence-corrected chi connectivity index (χ4v) is 3.86. The molecule has 0 fully saturated rings. The predicted molar refractivity (Wildman–Crippen MR) is 111 cm³/mol. The van der Waals surface area contributed by atoms with Gasteiger partial charge in [0.25, 0.3) is 15.9 Å².